The molecule has 2 aliphatic rings. The normalized spacial score (nSPS) is 19.0. The third-order valence-corrected chi connectivity index (χ3v) is 6.85. The molecule has 0 N–H and O–H groups in total. The molecule has 0 aliphatic carbocycles. The lowest BCUT2D eigenvalue weighted by Gasteiger charge is -2.46. The molecule has 0 fully saturated rings. The number of hydrogen-bond donors (Lipinski definition) is 0. The van der Waals surface area contributed by atoms with Crippen LogP contribution in [0.3, 0.4) is 0 Å². The maximum absolute atomic E-state index is 12.0. The minimum atomic E-state index is -1.12. The average molecular weight is 475 g/mol. The molecule has 0 unspecified atom stereocenters. The number of anilines is 2. The Labute approximate surface area is 198 Å². The Kier molecular flexibility index (Phi) is 5.05. The van der Waals surface area contributed by atoms with Gasteiger partial charge in [-0.05, 0) is 43.8 Å². The predicted molar refractivity (Wildman–Crippen MR) is 132 cm³/mol. The highest BCUT2D eigenvalue weighted by molar-refractivity contribution is 8.15. The molecule has 0 aromatic heterocycles. The molecule has 0 amide bonds. The van der Waals surface area contributed by atoms with Gasteiger partial charge in [-0.2, -0.15) is 10.2 Å². The predicted octanol–water partition coefficient (Wildman–Crippen LogP) is 5.44. The molecule has 0 saturated heterocycles. The molecular weight excluding hydrogens is 456 g/mol. The number of non-ortho nitro benzene ring substituents is 1. The average Bonchev–Trinajstić information content (AvgIpc) is 3.18. The van der Waals surface area contributed by atoms with Crippen molar-refractivity contribution in [2.75, 3.05) is 10.0 Å². The molecular formula is C23H18N6O4S. The zero-order valence-corrected chi connectivity index (χ0v) is 19.0. The highest BCUT2D eigenvalue weighted by Gasteiger charge is 2.55. The Morgan fingerprint density at radius 2 is 1.56 bits per heavy atom. The van der Waals surface area contributed by atoms with Crippen molar-refractivity contribution in [1.29, 1.82) is 0 Å². The Bertz CT molecular complexity index is 1390. The zero-order chi connectivity index (χ0) is 24.0. The van der Waals surface area contributed by atoms with Gasteiger partial charge in [-0.3, -0.25) is 20.2 Å². The summed E-state index contributed by atoms with van der Waals surface area (Å²) in [5.74, 6) is 0. The van der Waals surface area contributed by atoms with Crippen LogP contribution in [0.2, 0.25) is 0 Å². The number of nitro benzene ring substituents is 2. The number of para-hydroxylation sites is 1. The van der Waals surface area contributed by atoms with Crippen molar-refractivity contribution in [3.8, 4) is 0 Å². The molecule has 2 aliphatic heterocycles. The van der Waals surface area contributed by atoms with E-state index in [0.717, 1.165) is 28.6 Å². The number of benzene rings is 3. The second-order valence-electron chi connectivity index (χ2n) is 7.71. The van der Waals surface area contributed by atoms with Gasteiger partial charge in [0, 0.05) is 17.2 Å². The molecule has 1 atom stereocenters. The summed E-state index contributed by atoms with van der Waals surface area (Å²) in [6.45, 7) is 3.73. The van der Waals surface area contributed by atoms with E-state index in [0.29, 0.717) is 5.04 Å². The first kappa shape index (κ1) is 21.6. The van der Waals surface area contributed by atoms with Crippen LogP contribution in [0.1, 0.15) is 25.0 Å². The number of nitro groups is 2. The van der Waals surface area contributed by atoms with Gasteiger partial charge in [0.2, 0.25) is 4.99 Å². The van der Waals surface area contributed by atoms with Crippen molar-refractivity contribution < 1.29 is 9.85 Å². The van der Waals surface area contributed by atoms with E-state index in [9.17, 15) is 20.2 Å². The number of hydrazone groups is 2. The van der Waals surface area contributed by atoms with Gasteiger partial charge >= 0.3 is 5.69 Å². The summed E-state index contributed by atoms with van der Waals surface area (Å²) in [7, 11) is 0. The van der Waals surface area contributed by atoms with Gasteiger partial charge in [-0.1, -0.05) is 42.5 Å². The first-order valence-electron chi connectivity index (χ1n) is 10.3. The summed E-state index contributed by atoms with van der Waals surface area (Å²) in [5.41, 5.74) is 2.65. The summed E-state index contributed by atoms with van der Waals surface area (Å²) in [5, 5.41) is 36.9. The molecule has 170 valence electrons. The highest BCUT2D eigenvalue weighted by Crippen LogP contribution is 2.55. The fourth-order valence-corrected chi connectivity index (χ4v) is 5.50. The van der Waals surface area contributed by atoms with Gasteiger partial charge in [0.1, 0.15) is 5.69 Å². The molecule has 0 radical (unpaired) electrons. The number of fused-ring (bicyclic) bond motifs is 2. The fourth-order valence-electron chi connectivity index (χ4n) is 4.22. The highest BCUT2D eigenvalue weighted by atomic mass is 32.2. The molecule has 3 aromatic rings. The number of rotatable bonds is 4. The van der Waals surface area contributed by atoms with E-state index in [1.807, 2.05) is 68.4 Å². The minimum absolute atomic E-state index is 0.130. The van der Waals surface area contributed by atoms with E-state index in [4.69, 9.17) is 5.10 Å². The van der Waals surface area contributed by atoms with Crippen LogP contribution in [-0.2, 0) is 4.99 Å². The van der Waals surface area contributed by atoms with Gasteiger partial charge < -0.3 is 0 Å². The van der Waals surface area contributed by atoms with E-state index in [1.54, 1.807) is 10.0 Å². The Hall–Kier alpha value is -4.25. The second kappa shape index (κ2) is 7.96. The SMILES string of the molecule is CC1=NN(c2ccc([N+](=O)[O-])cc2[N+](=O)[O-])[C@@]2(S1)c1ccccc1C(C)=NN2c1ccccc1. The van der Waals surface area contributed by atoms with Crippen molar-refractivity contribution in [3.05, 3.63) is 104 Å². The van der Waals surface area contributed by atoms with E-state index in [1.165, 1.54) is 23.9 Å². The summed E-state index contributed by atoms with van der Waals surface area (Å²) < 4.78 is 0. The van der Waals surface area contributed by atoms with Crippen molar-refractivity contribution in [2.24, 2.45) is 10.2 Å². The van der Waals surface area contributed by atoms with E-state index in [-0.39, 0.29) is 11.4 Å². The van der Waals surface area contributed by atoms with Crippen LogP contribution >= 0.6 is 11.8 Å². The van der Waals surface area contributed by atoms with Crippen LogP contribution in [0.15, 0.2) is 83.0 Å². The number of thioether (sulfide) groups is 1. The van der Waals surface area contributed by atoms with Crippen LogP contribution in [0.25, 0.3) is 0 Å². The summed E-state index contributed by atoms with van der Waals surface area (Å²) >= 11 is 1.41. The van der Waals surface area contributed by atoms with E-state index >= 15 is 0 Å². The molecule has 0 bridgehead atoms. The third-order valence-electron chi connectivity index (χ3n) is 5.62. The van der Waals surface area contributed by atoms with E-state index < -0.39 is 20.5 Å². The standard InChI is InChI=1S/C23H18N6O4S/c1-15-19-10-6-7-11-20(19)23(26(24-15)17-8-4-3-5-9-17)27(25-16(2)34-23)21-13-12-18(28(30)31)14-22(21)29(32)33/h3-14H,1-2H3/t23-/m1/s1. The van der Waals surface area contributed by atoms with Crippen molar-refractivity contribution in [2.45, 2.75) is 18.8 Å². The topological polar surface area (TPSA) is 117 Å². The van der Waals surface area contributed by atoms with Crippen LogP contribution in [0, 0.1) is 20.2 Å². The van der Waals surface area contributed by atoms with Gasteiger partial charge in [-0.15, -0.1) is 0 Å². The van der Waals surface area contributed by atoms with Gasteiger partial charge in [0.15, 0.2) is 0 Å². The van der Waals surface area contributed by atoms with Gasteiger partial charge in [0.05, 0.1) is 32.4 Å². The molecule has 2 heterocycles. The van der Waals surface area contributed by atoms with Crippen LogP contribution < -0.4 is 10.0 Å². The monoisotopic (exact) mass is 474 g/mol. The summed E-state index contributed by atoms with van der Waals surface area (Å²) in [4.78, 5) is 20.9. The zero-order valence-electron chi connectivity index (χ0n) is 18.2. The Morgan fingerprint density at radius 3 is 2.26 bits per heavy atom. The molecule has 11 heteroatoms. The number of hydrogen-bond acceptors (Lipinski definition) is 9. The molecule has 5 rings (SSSR count). The summed E-state index contributed by atoms with van der Waals surface area (Å²) in [6.07, 6.45) is 0. The Morgan fingerprint density at radius 1 is 0.853 bits per heavy atom. The summed E-state index contributed by atoms with van der Waals surface area (Å²) in [6, 6.07) is 20.8. The first-order valence-corrected chi connectivity index (χ1v) is 11.1. The minimum Gasteiger partial charge on any atom is -0.258 e. The second-order valence-corrected chi connectivity index (χ2v) is 9.07. The van der Waals surface area contributed by atoms with Crippen molar-refractivity contribution >= 4 is 45.3 Å². The molecule has 10 nitrogen and oxygen atoms in total. The molecule has 34 heavy (non-hydrogen) atoms. The van der Waals surface area contributed by atoms with Gasteiger partial charge in [0.25, 0.3) is 5.69 Å². The lowest BCUT2D eigenvalue weighted by Crippen LogP contribution is -2.53. The third kappa shape index (κ3) is 3.20. The Balaban J connectivity index is 1.81. The maximum Gasteiger partial charge on any atom is 0.301 e. The van der Waals surface area contributed by atoms with Crippen molar-refractivity contribution in [1.82, 2.24) is 0 Å². The maximum atomic E-state index is 12.0. The van der Waals surface area contributed by atoms with Crippen molar-refractivity contribution in [3.63, 3.8) is 0 Å². The lowest BCUT2D eigenvalue weighted by atomic mass is 9.98. The largest absolute Gasteiger partial charge is 0.301 e. The first-order chi connectivity index (χ1) is 16.3. The van der Waals surface area contributed by atoms with E-state index in [2.05, 4.69) is 5.10 Å². The molecule has 3 aromatic carbocycles. The fraction of sp³-hybridized carbons (Fsp3) is 0.130. The molecule has 1 spiro atoms. The lowest BCUT2D eigenvalue weighted by molar-refractivity contribution is -0.393. The number of nitrogens with zero attached hydrogens (tertiary/aromatic N) is 6. The van der Waals surface area contributed by atoms with Gasteiger partial charge in [-0.25, -0.2) is 10.0 Å². The smallest absolute Gasteiger partial charge is 0.258 e. The quantitative estimate of drug-likeness (QED) is 0.365. The van der Waals surface area contributed by atoms with Crippen LogP contribution in [0.5, 0.6) is 0 Å². The van der Waals surface area contributed by atoms with Crippen LogP contribution in [0.4, 0.5) is 22.7 Å². The molecule has 0 saturated carbocycles. The van der Waals surface area contributed by atoms with Crippen LogP contribution in [-0.4, -0.2) is 20.6 Å².